The van der Waals surface area contributed by atoms with Gasteiger partial charge in [0.05, 0.1) is 17.2 Å². The van der Waals surface area contributed by atoms with Crippen molar-refractivity contribution in [3.05, 3.63) is 48.0 Å². The number of carbonyl (C=O) groups excluding carboxylic acids is 1. The van der Waals surface area contributed by atoms with Gasteiger partial charge in [-0.05, 0) is 24.6 Å². The normalized spacial score (nSPS) is 10.8. The van der Waals surface area contributed by atoms with Crippen molar-refractivity contribution in [3.8, 4) is 0 Å². The molecule has 0 fully saturated rings. The molecule has 0 bridgehead atoms. The molecule has 0 aliphatic rings. The standard InChI is InChI=1S/C14H13N5O/c1-2-7-19-13(9-17-18-19)14(20)10-3-4-11-12(8-10)16-6-5-15-11/h3-6,8-9H,2,7H2,1H3. The summed E-state index contributed by atoms with van der Waals surface area (Å²) in [6.45, 7) is 2.70. The van der Waals surface area contributed by atoms with Gasteiger partial charge in [0, 0.05) is 24.5 Å². The summed E-state index contributed by atoms with van der Waals surface area (Å²) in [5.41, 5.74) is 2.53. The number of aryl methyl sites for hydroxylation is 1. The highest BCUT2D eigenvalue weighted by Gasteiger charge is 2.15. The van der Waals surface area contributed by atoms with Crippen LogP contribution in [-0.2, 0) is 6.54 Å². The molecule has 0 unspecified atom stereocenters. The Morgan fingerprint density at radius 3 is 2.80 bits per heavy atom. The number of hydrogen-bond donors (Lipinski definition) is 0. The Morgan fingerprint density at radius 1 is 1.20 bits per heavy atom. The summed E-state index contributed by atoms with van der Waals surface area (Å²) in [6.07, 6.45) is 5.63. The van der Waals surface area contributed by atoms with Gasteiger partial charge < -0.3 is 0 Å². The molecule has 20 heavy (non-hydrogen) atoms. The van der Waals surface area contributed by atoms with Crippen molar-refractivity contribution in [2.45, 2.75) is 19.9 Å². The third kappa shape index (κ3) is 2.16. The maximum absolute atomic E-state index is 12.5. The van der Waals surface area contributed by atoms with Crippen LogP contribution < -0.4 is 0 Å². The molecule has 6 heteroatoms. The molecule has 0 aliphatic carbocycles. The molecule has 0 spiro atoms. The van der Waals surface area contributed by atoms with Gasteiger partial charge in [0.25, 0.3) is 0 Å². The second-order valence-corrected chi connectivity index (χ2v) is 4.43. The minimum Gasteiger partial charge on any atom is -0.287 e. The smallest absolute Gasteiger partial charge is 0.212 e. The Hall–Kier alpha value is -2.63. The lowest BCUT2D eigenvalue weighted by Crippen LogP contribution is -2.11. The Balaban J connectivity index is 2.01. The third-order valence-corrected chi connectivity index (χ3v) is 3.02. The predicted molar refractivity (Wildman–Crippen MR) is 73.3 cm³/mol. The van der Waals surface area contributed by atoms with Gasteiger partial charge in [-0.15, -0.1) is 5.10 Å². The van der Waals surface area contributed by atoms with E-state index in [-0.39, 0.29) is 5.78 Å². The monoisotopic (exact) mass is 267 g/mol. The van der Waals surface area contributed by atoms with Crippen molar-refractivity contribution in [3.63, 3.8) is 0 Å². The van der Waals surface area contributed by atoms with E-state index >= 15 is 0 Å². The van der Waals surface area contributed by atoms with E-state index in [1.54, 1.807) is 35.3 Å². The molecular weight excluding hydrogens is 254 g/mol. The fraction of sp³-hybridized carbons (Fsp3) is 0.214. The molecule has 3 aromatic rings. The zero-order valence-electron chi connectivity index (χ0n) is 11.0. The number of nitrogens with zero attached hydrogens (tertiary/aromatic N) is 5. The average Bonchev–Trinajstić information content (AvgIpc) is 2.94. The molecule has 0 N–H and O–H groups in total. The van der Waals surface area contributed by atoms with E-state index in [0.29, 0.717) is 23.3 Å². The summed E-state index contributed by atoms with van der Waals surface area (Å²) in [5.74, 6) is -0.101. The molecular formula is C14H13N5O. The van der Waals surface area contributed by atoms with Crippen LogP contribution in [-0.4, -0.2) is 30.7 Å². The summed E-state index contributed by atoms with van der Waals surface area (Å²) in [6, 6.07) is 5.29. The quantitative estimate of drug-likeness (QED) is 0.674. The molecule has 0 saturated heterocycles. The van der Waals surface area contributed by atoms with E-state index in [2.05, 4.69) is 20.3 Å². The van der Waals surface area contributed by atoms with Crippen molar-refractivity contribution in [2.24, 2.45) is 0 Å². The Kier molecular flexibility index (Phi) is 3.20. The molecule has 6 nitrogen and oxygen atoms in total. The highest BCUT2D eigenvalue weighted by atomic mass is 16.1. The van der Waals surface area contributed by atoms with Crippen molar-refractivity contribution in [1.82, 2.24) is 25.0 Å². The number of hydrogen-bond acceptors (Lipinski definition) is 5. The first-order chi connectivity index (χ1) is 9.79. The summed E-state index contributed by atoms with van der Waals surface area (Å²) in [5, 5.41) is 7.75. The maximum Gasteiger partial charge on any atom is 0.212 e. The summed E-state index contributed by atoms with van der Waals surface area (Å²) >= 11 is 0. The number of fused-ring (bicyclic) bond motifs is 1. The highest BCUT2D eigenvalue weighted by molar-refractivity contribution is 6.09. The zero-order valence-corrected chi connectivity index (χ0v) is 11.0. The highest BCUT2D eigenvalue weighted by Crippen LogP contribution is 2.14. The van der Waals surface area contributed by atoms with Crippen molar-refractivity contribution in [1.29, 1.82) is 0 Å². The Morgan fingerprint density at radius 2 is 2.00 bits per heavy atom. The second kappa shape index (κ2) is 5.16. The first-order valence-corrected chi connectivity index (χ1v) is 6.43. The van der Waals surface area contributed by atoms with Gasteiger partial charge in [0.15, 0.2) is 0 Å². The van der Waals surface area contributed by atoms with Gasteiger partial charge in [-0.3, -0.25) is 14.8 Å². The van der Waals surface area contributed by atoms with Crippen LogP contribution in [0, 0.1) is 0 Å². The van der Waals surface area contributed by atoms with Crippen LogP contribution in [0.15, 0.2) is 36.8 Å². The molecule has 100 valence electrons. The number of rotatable bonds is 4. The van der Waals surface area contributed by atoms with Crippen LogP contribution in [0.2, 0.25) is 0 Å². The van der Waals surface area contributed by atoms with E-state index in [9.17, 15) is 4.79 Å². The lowest BCUT2D eigenvalue weighted by Gasteiger charge is -2.04. The van der Waals surface area contributed by atoms with Gasteiger partial charge in [-0.2, -0.15) is 0 Å². The first-order valence-electron chi connectivity index (χ1n) is 6.43. The van der Waals surface area contributed by atoms with E-state index < -0.39 is 0 Å². The fourth-order valence-electron chi connectivity index (χ4n) is 2.06. The number of aromatic nitrogens is 5. The van der Waals surface area contributed by atoms with Crippen LogP contribution >= 0.6 is 0 Å². The van der Waals surface area contributed by atoms with Gasteiger partial charge in [0.2, 0.25) is 5.78 Å². The van der Waals surface area contributed by atoms with E-state index in [1.807, 2.05) is 6.92 Å². The largest absolute Gasteiger partial charge is 0.287 e. The van der Waals surface area contributed by atoms with E-state index in [4.69, 9.17) is 0 Å². The molecule has 3 rings (SSSR count). The second-order valence-electron chi connectivity index (χ2n) is 4.43. The van der Waals surface area contributed by atoms with Gasteiger partial charge in [0.1, 0.15) is 5.69 Å². The molecule has 0 atom stereocenters. The van der Waals surface area contributed by atoms with Crippen LogP contribution in [0.5, 0.6) is 0 Å². The first kappa shape index (κ1) is 12.4. The third-order valence-electron chi connectivity index (χ3n) is 3.02. The fourth-order valence-corrected chi connectivity index (χ4v) is 2.06. The van der Waals surface area contributed by atoms with Crippen molar-refractivity contribution >= 4 is 16.8 Å². The van der Waals surface area contributed by atoms with Crippen molar-refractivity contribution < 1.29 is 4.79 Å². The van der Waals surface area contributed by atoms with Gasteiger partial charge in [-0.1, -0.05) is 12.1 Å². The predicted octanol–water partition coefficient (Wildman–Crippen LogP) is 1.86. The lowest BCUT2D eigenvalue weighted by atomic mass is 10.1. The Bertz CT molecular complexity index is 765. The minimum absolute atomic E-state index is 0.101. The molecule has 0 saturated carbocycles. The van der Waals surface area contributed by atoms with Crippen LogP contribution in [0.25, 0.3) is 11.0 Å². The maximum atomic E-state index is 12.5. The molecule has 2 aromatic heterocycles. The molecule has 0 radical (unpaired) electrons. The zero-order chi connectivity index (χ0) is 13.9. The molecule has 0 amide bonds. The number of benzene rings is 1. The Labute approximate surface area is 115 Å². The minimum atomic E-state index is -0.101. The van der Waals surface area contributed by atoms with E-state index in [0.717, 1.165) is 11.9 Å². The van der Waals surface area contributed by atoms with Crippen LogP contribution in [0.4, 0.5) is 0 Å². The molecule has 2 heterocycles. The topological polar surface area (TPSA) is 73.6 Å². The van der Waals surface area contributed by atoms with Crippen LogP contribution in [0.3, 0.4) is 0 Å². The van der Waals surface area contributed by atoms with Crippen molar-refractivity contribution in [2.75, 3.05) is 0 Å². The van der Waals surface area contributed by atoms with E-state index in [1.165, 1.54) is 6.20 Å². The summed E-state index contributed by atoms with van der Waals surface area (Å²) in [4.78, 5) is 20.9. The molecule has 1 aromatic carbocycles. The number of carbonyl (C=O) groups is 1. The summed E-state index contributed by atoms with van der Waals surface area (Å²) in [7, 11) is 0. The van der Waals surface area contributed by atoms with Gasteiger partial charge in [-0.25, -0.2) is 4.68 Å². The lowest BCUT2D eigenvalue weighted by molar-refractivity contribution is 0.102. The number of ketones is 1. The summed E-state index contributed by atoms with van der Waals surface area (Å²) < 4.78 is 1.63. The SMILES string of the molecule is CCCn1nncc1C(=O)c1ccc2nccnc2c1. The average molecular weight is 267 g/mol. The molecule has 0 aliphatic heterocycles. The van der Waals surface area contributed by atoms with Crippen LogP contribution in [0.1, 0.15) is 29.4 Å². The van der Waals surface area contributed by atoms with Gasteiger partial charge >= 0.3 is 0 Å².